The molecule has 23 heavy (non-hydrogen) atoms. The summed E-state index contributed by atoms with van der Waals surface area (Å²) in [7, 11) is 0. The van der Waals surface area contributed by atoms with Crippen molar-refractivity contribution >= 4 is 5.65 Å². The van der Waals surface area contributed by atoms with Gasteiger partial charge in [0.1, 0.15) is 12.4 Å². The van der Waals surface area contributed by atoms with E-state index in [0.717, 1.165) is 12.1 Å². The molecule has 1 N–H and O–H groups in total. The van der Waals surface area contributed by atoms with E-state index in [9.17, 15) is 13.2 Å². The summed E-state index contributed by atoms with van der Waals surface area (Å²) < 4.78 is 45.4. The highest BCUT2D eigenvalue weighted by Gasteiger charge is 2.30. The lowest BCUT2D eigenvalue weighted by atomic mass is 10.1. The van der Waals surface area contributed by atoms with E-state index >= 15 is 0 Å². The number of aromatic nitrogens is 3. The fourth-order valence-corrected chi connectivity index (χ4v) is 2.15. The molecule has 5 nitrogen and oxygen atoms in total. The standard InChI is InChI=1S/C15H12F3N3O2/c16-15(17,18)11-3-1-2-10(8-11)14-20-19-13-5-4-12(9-21(13)14)23-7-6-22/h1-5,8-9,22H,6-7H2. The highest BCUT2D eigenvalue weighted by molar-refractivity contribution is 5.61. The van der Waals surface area contributed by atoms with Gasteiger partial charge in [0.15, 0.2) is 11.5 Å². The molecule has 0 saturated carbocycles. The number of aliphatic hydroxyl groups excluding tert-OH is 1. The molecule has 0 amide bonds. The molecular formula is C15H12F3N3O2. The predicted octanol–water partition coefficient (Wildman–Crippen LogP) is 2.79. The third-order valence-corrected chi connectivity index (χ3v) is 3.18. The van der Waals surface area contributed by atoms with Crippen LogP contribution in [-0.2, 0) is 6.18 Å². The topological polar surface area (TPSA) is 59.7 Å². The molecule has 0 unspecified atom stereocenters. The Bertz CT molecular complexity index is 830. The van der Waals surface area contributed by atoms with E-state index in [1.807, 2.05) is 0 Å². The number of halogens is 3. The minimum Gasteiger partial charge on any atom is -0.490 e. The van der Waals surface area contributed by atoms with E-state index in [-0.39, 0.29) is 19.0 Å². The quantitative estimate of drug-likeness (QED) is 0.802. The number of rotatable bonds is 4. The van der Waals surface area contributed by atoms with E-state index < -0.39 is 11.7 Å². The van der Waals surface area contributed by atoms with Gasteiger partial charge in [-0.2, -0.15) is 13.2 Å². The molecule has 3 rings (SSSR count). The smallest absolute Gasteiger partial charge is 0.416 e. The number of hydrogen-bond acceptors (Lipinski definition) is 4. The zero-order chi connectivity index (χ0) is 16.4. The zero-order valence-corrected chi connectivity index (χ0v) is 11.8. The number of fused-ring (bicyclic) bond motifs is 1. The van der Waals surface area contributed by atoms with Crippen molar-refractivity contribution in [3.63, 3.8) is 0 Å². The Kier molecular flexibility index (Phi) is 3.91. The predicted molar refractivity (Wildman–Crippen MR) is 76.0 cm³/mol. The number of aliphatic hydroxyl groups is 1. The second-order valence-electron chi connectivity index (χ2n) is 4.77. The summed E-state index contributed by atoms with van der Waals surface area (Å²) in [5.74, 6) is 0.736. The molecular weight excluding hydrogens is 311 g/mol. The summed E-state index contributed by atoms with van der Waals surface area (Å²) in [5.41, 5.74) is 0.0276. The van der Waals surface area contributed by atoms with Gasteiger partial charge in [-0.25, -0.2) is 0 Å². The van der Waals surface area contributed by atoms with Crippen LogP contribution in [0.2, 0.25) is 0 Å². The number of nitrogens with zero attached hydrogens (tertiary/aromatic N) is 3. The minimum atomic E-state index is -4.42. The van der Waals surface area contributed by atoms with E-state index in [0.29, 0.717) is 17.0 Å². The lowest BCUT2D eigenvalue weighted by molar-refractivity contribution is -0.137. The number of ether oxygens (including phenoxy) is 1. The maximum absolute atomic E-state index is 12.8. The van der Waals surface area contributed by atoms with Gasteiger partial charge < -0.3 is 9.84 Å². The SMILES string of the molecule is OCCOc1ccc2nnc(-c3cccc(C(F)(F)F)c3)n2c1. The molecule has 120 valence electrons. The third-order valence-electron chi connectivity index (χ3n) is 3.18. The van der Waals surface area contributed by atoms with Crippen LogP contribution in [0.3, 0.4) is 0 Å². The fraction of sp³-hybridized carbons (Fsp3) is 0.200. The van der Waals surface area contributed by atoms with Crippen LogP contribution < -0.4 is 4.74 Å². The summed E-state index contributed by atoms with van der Waals surface area (Å²) >= 11 is 0. The van der Waals surface area contributed by atoms with Crippen molar-refractivity contribution in [2.45, 2.75) is 6.18 Å². The molecule has 0 atom stereocenters. The van der Waals surface area contributed by atoms with Gasteiger partial charge in [-0.3, -0.25) is 4.40 Å². The van der Waals surface area contributed by atoms with Gasteiger partial charge in [0.05, 0.1) is 18.4 Å². The van der Waals surface area contributed by atoms with E-state index in [4.69, 9.17) is 9.84 Å². The van der Waals surface area contributed by atoms with Gasteiger partial charge in [-0.1, -0.05) is 12.1 Å². The molecule has 0 spiro atoms. The number of benzene rings is 1. The zero-order valence-electron chi connectivity index (χ0n) is 11.8. The highest BCUT2D eigenvalue weighted by Crippen LogP contribution is 2.32. The minimum absolute atomic E-state index is 0.118. The first-order valence-electron chi connectivity index (χ1n) is 6.75. The van der Waals surface area contributed by atoms with Crippen LogP contribution in [0.5, 0.6) is 5.75 Å². The summed E-state index contributed by atoms with van der Waals surface area (Å²) in [4.78, 5) is 0. The Hall–Kier alpha value is -2.61. The molecule has 0 bridgehead atoms. The van der Waals surface area contributed by atoms with Gasteiger partial charge >= 0.3 is 6.18 Å². The lowest BCUT2D eigenvalue weighted by Gasteiger charge is -2.08. The van der Waals surface area contributed by atoms with Crippen LogP contribution in [0.15, 0.2) is 42.6 Å². The summed E-state index contributed by atoms with van der Waals surface area (Å²) in [6, 6.07) is 8.17. The van der Waals surface area contributed by atoms with Crippen molar-refractivity contribution < 1.29 is 23.0 Å². The molecule has 0 aliphatic carbocycles. The van der Waals surface area contributed by atoms with Crippen LogP contribution in [0.25, 0.3) is 17.0 Å². The molecule has 0 radical (unpaired) electrons. The molecule has 2 heterocycles. The molecule has 8 heteroatoms. The Labute approximate surface area is 129 Å². The van der Waals surface area contributed by atoms with Crippen LogP contribution in [0, 0.1) is 0 Å². The van der Waals surface area contributed by atoms with Crippen molar-refractivity contribution in [1.29, 1.82) is 0 Å². The molecule has 1 aromatic carbocycles. The number of pyridine rings is 1. The molecule has 0 saturated heterocycles. The van der Waals surface area contributed by atoms with Gasteiger partial charge in [0.2, 0.25) is 0 Å². The van der Waals surface area contributed by atoms with Crippen LogP contribution in [0.1, 0.15) is 5.56 Å². The second-order valence-corrected chi connectivity index (χ2v) is 4.77. The number of hydrogen-bond donors (Lipinski definition) is 1. The lowest BCUT2D eigenvalue weighted by Crippen LogP contribution is -2.05. The van der Waals surface area contributed by atoms with Crippen molar-refractivity contribution in [2.75, 3.05) is 13.2 Å². The fourth-order valence-electron chi connectivity index (χ4n) is 2.15. The first-order chi connectivity index (χ1) is 11.0. The average molecular weight is 323 g/mol. The largest absolute Gasteiger partial charge is 0.490 e. The van der Waals surface area contributed by atoms with Gasteiger partial charge in [0, 0.05) is 5.56 Å². The van der Waals surface area contributed by atoms with Crippen molar-refractivity contribution in [1.82, 2.24) is 14.6 Å². The van der Waals surface area contributed by atoms with Crippen molar-refractivity contribution in [3.8, 4) is 17.1 Å². The Morgan fingerprint density at radius 1 is 1.13 bits per heavy atom. The Morgan fingerprint density at radius 3 is 2.70 bits per heavy atom. The Morgan fingerprint density at radius 2 is 1.96 bits per heavy atom. The van der Waals surface area contributed by atoms with E-state index in [2.05, 4.69) is 10.2 Å². The third kappa shape index (κ3) is 3.11. The first kappa shape index (κ1) is 15.3. The summed E-state index contributed by atoms with van der Waals surface area (Å²) in [6.07, 6.45) is -2.85. The highest BCUT2D eigenvalue weighted by atomic mass is 19.4. The molecule has 0 aliphatic heterocycles. The molecule has 3 aromatic rings. The molecule has 2 aromatic heterocycles. The van der Waals surface area contributed by atoms with Crippen LogP contribution >= 0.6 is 0 Å². The summed E-state index contributed by atoms with van der Waals surface area (Å²) in [5, 5.41) is 16.7. The monoisotopic (exact) mass is 323 g/mol. The van der Waals surface area contributed by atoms with Crippen LogP contribution in [0.4, 0.5) is 13.2 Å². The van der Waals surface area contributed by atoms with Gasteiger partial charge in [0.25, 0.3) is 0 Å². The first-order valence-corrected chi connectivity index (χ1v) is 6.75. The average Bonchev–Trinajstić information content (AvgIpc) is 2.95. The second kappa shape index (κ2) is 5.88. The normalized spacial score (nSPS) is 11.8. The van der Waals surface area contributed by atoms with Crippen molar-refractivity contribution in [3.05, 3.63) is 48.2 Å². The molecule has 0 aliphatic rings. The van der Waals surface area contributed by atoms with E-state index in [1.54, 1.807) is 22.7 Å². The maximum atomic E-state index is 12.8. The maximum Gasteiger partial charge on any atom is 0.416 e. The van der Waals surface area contributed by atoms with Crippen molar-refractivity contribution in [2.24, 2.45) is 0 Å². The summed E-state index contributed by atoms with van der Waals surface area (Å²) in [6.45, 7) is -0.0206. The Balaban J connectivity index is 2.06. The number of alkyl halides is 3. The van der Waals surface area contributed by atoms with Gasteiger partial charge in [-0.05, 0) is 24.3 Å². The van der Waals surface area contributed by atoms with Crippen LogP contribution in [-0.4, -0.2) is 32.9 Å². The molecule has 0 fully saturated rings. The van der Waals surface area contributed by atoms with E-state index in [1.165, 1.54) is 12.1 Å². The van der Waals surface area contributed by atoms with Gasteiger partial charge in [-0.15, -0.1) is 10.2 Å².